The summed E-state index contributed by atoms with van der Waals surface area (Å²) in [5.41, 5.74) is 2.13. The van der Waals surface area contributed by atoms with Crippen molar-refractivity contribution in [2.24, 2.45) is 0 Å². The summed E-state index contributed by atoms with van der Waals surface area (Å²) in [6, 6.07) is 9.74. The molecule has 6 heteroatoms. The van der Waals surface area contributed by atoms with Crippen LogP contribution in [0.1, 0.15) is 45.1 Å². The van der Waals surface area contributed by atoms with E-state index in [2.05, 4.69) is 37.1 Å². The van der Waals surface area contributed by atoms with E-state index in [0.717, 1.165) is 52.2 Å². The van der Waals surface area contributed by atoms with Gasteiger partial charge in [-0.25, -0.2) is 0 Å². The Balaban J connectivity index is 0.00000320. The average molecular weight is 468 g/mol. The van der Waals surface area contributed by atoms with E-state index >= 15 is 0 Å². The van der Waals surface area contributed by atoms with Gasteiger partial charge in [0.2, 0.25) is 0 Å². The van der Waals surface area contributed by atoms with Gasteiger partial charge in [-0.1, -0.05) is 44.4 Å². The van der Waals surface area contributed by atoms with Crippen molar-refractivity contribution in [3.8, 4) is 0 Å². The summed E-state index contributed by atoms with van der Waals surface area (Å²) in [5.74, 6) is 0. The van der Waals surface area contributed by atoms with Gasteiger partial charge in [-0.05, 0) is 62.7 Å². The molecule has 1 heterocycles. The lowest BCUT2D eigenvalue weighted by Crippen LogP contribution is -2.31. The molecule has 1 aromatic heterocycles. The molecule has 2 aromatic carbocycles. The van der Waals surface area contributed by atoms with E-state index in [0.29, 0.717) is 10.4 Å². The van der Waals surface area contributed by atoms with Crippen LogP contribution in [-0.2, 0) is 0 Å². The van der Waals surface area contributed by atoms with Crippen LogP contribution >= 0.6 is 35.3 Å². The van der Waals surface area contributed by atoms with E-state index < -0.39 is 0 Å². The molecule has 0 saturated carbocycles. The highest BCUT2D eigenvalue weighted by Gasteiger charge is 2.13. The van der Waals surface area contributed by atoms with Crippen LogP contribution in [0.25, 0.3) is 20.2 Å². The lowest BCUT2D eigenvalue weighted by atomic mass is 10.1. The summed E-state index contributed by atoms with van der Waals surface area (Å²) < 4.78 is 2.04. The number of nitrogens with zero attached hydrogens (tertiary/aromatic N) is 1. The third-order valence-corrected chi connectivity index (χ3v) is 6.92. The second-order valence-corrected chi connectivity index (χ2v) is 9.17. The van der Waals surface area contributed by atoms with E-state index in [-0.39, 0.29) is 17.8 Å². The van der Waals surface area contributed by atoms with Crippen LogP contribution in [0.2, 0.25) is 5.02 Å². The lowest BCUT2D eigenvalue weighted by molar-refractivity contribution is 0.275. The molecule has 0 spiro atoms. The standard InChI is InChI=1S/C24H31ClN2OS.ClH/c1-4-6-13-27(14-7-5-2)15-12-26-20-10-8-17(3)24-22(20)23(28)19-16-18(25)9-11-21(19)29-24;/h8-11,16,26H,4-7,12-15H2,1-3H3;1H. The Labute approximate surface area is 194 Å². The first-order valence-electron chi connectivity index (χ1n) is 10.7. The highest BCUT2D eigenvalue weighted by molar-refractivity contribution is 7.24. The van der Waals surface area contributed by atoms with Crippen LogP contribution in [0.5, 0.6) is 0 Å². The molecule has 0 radical (unpaired) electrons. The Morgan fingerprint density at radius 1 is 1.03 bits per heavy atom. The monoisotopic (exact) mass is 466 g/mol. The number of nitrogens with one attached hydrogen (secondary N) is 1. The molecule has 0 aliphatic carbocycles. The molecule has 3 aromatic rings. The summed E-state index contributed by atoms with van der Waals surface area (Å²) >= 11 is 7.83. The lowest BCUT2D eigenvalue weighted by Gasteiger charge is -2.22. The van der Waals surface area contributed by atoms with Crippen molar-refractivity contribution in [2.75, 3.05) is 31.5 Å². The largest absolute Gasteiger partial charge is 0.383 e. The summed E-state index contributed by atoms with van der Waals surface area (Å²) in [7, 11) is 0. The maximum atomic E-state index is 13.3. The predicted molar refractivity (Wildman–Crippen MR) is 137 cm³/mol. The summed E-state index contributed by atoms with van der Waals surface area (Å²) in [4.78, 5) is 15.8. The quantitative estimate of drug-likeness (QED) is 0.323. The summed E-state index contributed by atoms with van der Waals surface area (Å²) in [5, 5.41) is 5.65. The van der Waals surface area contributed by atoms with Crippen molar-refractivity contribution in [3.63, 3.8) is 0 Å². The molecule has 164 valence electrons. The van der Waals surface area contributed by atoms with Crippen LogP contribution in [0.4, 0.5) is 5.69 Å². The average Bonchev–Trinajstić information content (AvgIpc) is 2.72. The molecule has 30 heavy (non-hydrogen) atoms. The number of unbranched alkanes of at least 4 members (excludes halogenated alkanes) is 2. The number of rotatable bonds is 10. The molecule has 0 bridgehead atoms. The SMILES string of the molecule is CCCCN(CCCC)CCNc1ccc(C)c2sc3ccc(Cl)cc3c(=O)c12.Cl. The number of hydrogen-bond donors (Lipinski definition) is 1. The molecule has 0 aliphatic rings. The maximum absolute atomic E-state index is 13.3. The third-order valence-electron chi connectivity index (χ3n) is 5.38. The molecular weight excluding hydrogens is 435 g/mol. The molecule has 0 unspecified atom stereocenters. The van der Waals surface area contributed by atoms with Gasteiger partial charge in [-0.3, -0.25) is 4.79 Å². The fourth-order valence-corrected chi connectivity index (χ4v) is 4.98. The molecule has 0 fully saturated rings. The van der Waals surface area contributed by atoms with Crippen LogP contribution in [0, 0.1) is 6.92 Å². The summed E-state index contributed by atoms with van der Waals surface area (Å²) in [6.45, 7) is 10.7. The zero-order valence-corrected chi connectivity index (χ0v) is 20.5. The van der Waals surface area contributed by atoms with Crippen LogP contribution in [0.15, 0.2) is 35.1 Å². The highest BCUT2D eigenvalue weighted by Crippen LogP contribution is 2.32. The van der Waals surface area contributed by atoms with Gasteiger partial charge in [0.15, 0.2) is 5.43 Å². The topological polar surface area (TPSA) is 32.3 Å². The second-order valence-electron chi connectivity index (χ2n) is 7.68. The number of benzene rings is 2. The minimum Gasteiger partial charge on any atom is -0.383 e. The molecule has 0 saturated heterocycles. The molecule has 0 aliphatic heterocycles. The van der Waals surface area contributed by atoms with Gasteiger partial charge in [0.1, 0.15) is 0 Å². The molecule has 0 amide bonds. The van der Waals surface area contributed by atoms with Crippen molar-refractivity contribution >= 4 is 61.2 Å². The van der Waals surface area contributed by atoms with Crippen molar-refractivity contribution in [3.05, 3.63) is 51.1 Å². The van der Waals surface area contributed by atoms with Gasteiger partial charge in [-0.15, -0.1) is 23.7 Å². The van der Waals surface area contributed by atoms with Gasteiger partial charge in [0.25, 0.3) is 0 Å². The van der Waals surface area contributed by atoms with E-state index in [1.807, 2.05) is 18.2 Å². The number of halogens is 2. The number of fused-ring (bicyclic) bond motifs is 2. The van der Waals surface area contributed by atoms with Crippen molar-refractivity contribution in [2.45, 2.75) is 46.5 Å². The molecule has 3 rings (SSSR count). The Hall–Kier alpha value is -1.33. The van der Waals surface area contributed by atoms with Crippen molar-refractivity contribution < 1.29 is 0 Å². The first-order chi connectivity index (χ1) is 14.0. The number of anilines is 1. The van der Waals surface area contributed by atoms with Crippen LogP contribution < -0.4 is 10.7 Å². The highest BCUT2D eigenvalue weighted by atomic mass is 35.5. The first kappa shape index (κ1) is 24.9. The minimum atomic E-state index is 0. The fourth-order valence-electron chi connectivity index (χ4n) is 3.65. The zero-order valence-electron chi connectivity index (χ0n) is 18.1. The van der Waals surface area contributed by atoms with Gasteiger partial charge < -0.3 is 10.2 Å². The smallest absolute Gasteiger partial charge is 0.198 e. The number of aryl methyl sites for hydroxylation is 1. The predicted octanol–water partition coefficient (Wildman–Crippen LogP) is 7.11. The first-order valence-corrected chi connectivity index (χ1v) is 11.9. The molecule has 1 N–H and O–H groups in total. The minimum absolute atomic E-state index is 0. The van der Waals surface area contributed by atoms with Crippen LogP contribution in [-0.4, -0.2) is 31.1 Å². The van der Waals surface area contributed by atoms with E-state index in [1.54, 1.807) is 17.4 Å². The Morgan fingerprint density at radius 3 is 2.40 bits per heavy atom. The van der Waals surface area contributed by atoms with Gasteiger partial charge >= 0.3 is 0 Å². The van der Waals surface area contributed by atoms with E-state index in [1.165, 1.54) is 25.7 Å². The Bertz CT molecular complexity index is 1030. The van der Waals surface area contributed by atoms with Crippen molar-refractivity contribution in [1.82, 2.24) is 4.90 Å². The van der Waals surface area contributed by atoms with Gasteiger partial charge in [0, 0.05) is 38.6 Å². The third kappa shape index (κ3) is 5.88. The Kier molecular flexibility index (Phi) is 9.89. The zero-order chi connectivity index (χ0) is 20.8. The summed E-state index contributed by atoms with van der Waals surface area (Å²) in [6.07, 6.45) is 4.90. The van der Waals surface area contributed by atoms with Gasteiger partial charge in [-0.2, -0.15) is 0 Å². The number of hydrogen-bond acceptors (Lipinski definition) is 4. The normalized spacial score (nSPS) is 11.2. The van der Waals surface area contributed by atoms with E-state index in [9.17, 15) is 4.79 Å². The maximum Gasteiger partial charge on any atom is 0.198 e. The molecular formula is C24H32Cl2N2OS. The Morgan fingerprint density at radius 2 is 1.73 bits per heavy atom. The molecule has 3 nitrogen and oxygen atoms in total. The molecule has 0 atom stereocenters. The van der Waals surface area contributed by atoms with Gasteiger partial charge in [0.05, 0.1) is 5.39 Å². The van der Waals surface area contributed by atoms with Crippen molar-refractivity contribution in [1.29, 1.82) is 0 Å². The second kappa shape index (κ2) is 11.9. The van der Waals surface area contributed by atoms with Crippen LogP contribution in [0.3, 0.4) is 0 Å². The van der Waals surface area contributed by atoms with E-state index in [4.69, 9.17) is 11.6 Å². The fraction of sp³-hybridized carbons (Fsp3) is 0.458.